The number of carbonyl (C=O) groups excluding carboxylic acids is 1. The van der Waals surface area contributed by atoms with Gasteiger partial charge >= 0.3 is 0 Å². The van der Waals surface area contributed by atoms with Gasteiger partial charge in [-0.3, -0.25) is 4.79 Å². The van der Waals surface area contributed by atoms with Gasteiger partial charge in [0.2, 0.25) is 0 Å². The molecule has 1 amide bonds. The van der Waals surface area contributed by atoms with Gasteiger partial charge in [-0.2, -0.15) is 0 Å². The zero-order valence-electron chi connectivity index (χ0n) is 14.3. The standard InChI is InChI=1S/C21H27NO/c1-3-4-5-6-7-11-18-13-15-19(16-14-18)21(23)22-20-12-9-8-10-17(20)2/h8-10,12-16H,3-7,11H2,1-2H3,(H,22,23). The Balaban J connectivity index is 1.86. The molecule has 0 saturated carbocycles. The van der Waals surface area contributed by atoms with Crippen LogP contribution in [-0.4, -0.2) is 5.91 Å². The first-order valence-corrected chi connectivity index (χ1v) is 8.66. The Morgan fingerprint density at radius 3 is 2.30 bits per heavy atom. The van der Waals surface area contributed by atoms with Crippen molar-refractivity contribution in [2.75, 3.05) is 5.32 Å². The van der Waals surface area contributed by atoms with Gasteiger partial charge in [0.1, 0.15) is 0 Å². The molecule has 0 fully saturated rings. The third-order valence-electron chi connectivity index (χ3n) is 4.18. The molecule has 0 heterocycles. The highest BCUT2D eigenvalue weighted by Gasteiger charge is 2.07. The molecule has 2 rings (SSSR count). The molecule has 0 unspecified atom stereocenters. The number of rotatable bonds is 8. The van der Waals surface area contributed by atoms with E-state index in [4.69, 9.17) is 0 Å². The van der Waals surface area contributed by atoms with Crippen LogP contribution < -0.4 is 5.32 Å². The summed E-state index contributed by atoms with van der Waals surface area (Å²) in [6, 6.07) is 15.8. The van der Waals surface area contributed by atoms with Crippen LogP contribution >= 0.6 is 0 Å². The summed E-state index contributed by atoms with van der Waals surface area (Å²) in [5.41, 5.74) is 3.97. The van der Waals surface area contributed by atoms with Gasteiger partial charge in [-0.25, -0.2) is 0 Å². The molecule has 0 atom stereocenters. The lowest BCUT2D eigenvalue weighted by Gasteiger charge is -2.08. The van der Waals surface area contributed by atoms with Crippen molar-refractivity contribution >= 4 is 11.6 Å². The molecule has 2 aromatic carbocycles. The number of para-hydroxylation sites is 1. The van der Waals surface area contributed by atoms with Crippen molar-refractivity contribution in [3.63, 3.8) is 0 Å². The van der Waals surface area contributed by atoms with Crippen LogP contribution in [0.25, 0.3) is 0 Å². The third-order valence-corrected chi connectivity index (χ3v) is 4.18. The van der Waals surface area contributed by atoms with E-state index in [1.54, 1.807) is 0 Å². The zero-order chi connectivity index (χ0) is 16.5. The molecule has 2 aromatic rings. The van der Waals surface area contributed by atoms with E-state index in [-0.39, 0.29) is 5.91 Å². The monoisotopic (exact) mass is 309 g/mol. The molecule has 0 spiro atoms. The lowest BCUT2D eigenvalue weighted by Crippen LogP contribution is -2.12. The SMILES string of the molecule is CCCCCCCc1ccc(C(=O)Nc2ccccc2C)cc1. The highest BCUT2D eigenvalue weighted by Crippen LogP contribution is 2.15. The Bertz CT molecular complexity index is 616. The lowest BCUT2D eigenvalue weighted by molar-refractivity contribution is 0.102. The molecule has 0 radical (unpaired) electrons. The summed E-state index contributed by atoms with van der Waals surface area (Å²) in [5, 5.41) is 2.97. The second kappa shape index (κ2) is 9.14. The minimum Gasteiger partial charge on any atom is -0.322 e. The summed E-state index contributed by atoms with van der Waals surface area (Å²) in [7, 11) is 0. The second-order valence-corrected chi connectivity index (χ2v) is 6.13. The van der Waals surface area contributed by atoms with Crippen LogP contribution in [0.5, 0.6) is 0 Å². The third kappa shape index (κ3) is 5.55. The summed E-state index contributed by atoms with van der Waals surface area (Å²) in [4.78, 5) is 12.3. The van der Waals surface area contributed by atoms with E-state index >= 15 is 0 Å². The van der Waals surface area contributed by atoms with Gasteiger partial charge in [-0.05, 0) is 49.1 Å². The van der Waals surface area contributed by atoms with Crippen LogP contribution in [-0.2, 0) is 6.42 Å². The Kier molecular flexibility index (Phi) is 6.86. The van der Waals surface area contributed by atoms with E-state index in [9.17, 15) is 4.79 Å². The quantitative estimate of drug-likeness (QED) is 0.617. The first-order chi connectivity index (χ1) is 11.2. The molecule has 0 aliphatic rings. The molecule has 0 aliphatic carbocycles. The molecule has 1 N–H and O–H groups in total. The number of anilines is 1. The summed E-state index contributed by atoms with van der Waals surface area (Å²) in [5.74, 6) is -0.0474. The largest absolute Gasteiger partial charge is 0.322 e. The molecule has 2 heteroatoms. The van der Waals surface area contributed by atoms with Crippen LogP contribution in [0, 0.1) is 6.92 Å². The van der Waals surface area contributed by atoms with Gasteiger partial charge in [0, 0.05) is 11.3 Å². The molecule has 0 bridgehead atoms. The maximum Gasteiger partial charge on any atom is 0.255 e. The number of amides is 1. The first kappa shape index (κ1) is 17.3. The van der Waals surface area contributed by atoms with E-state index in [1.165, 1.54) is 37.7 Å². The van der Waals surface area contributed by atoms with Crippen molar-refractivity contribution in [1.29, 1.82) is 0 Å². The number of benzene rings is 2. The molecule has 122 valence electrons. The molecule has 0 aromatic heterocycles. The van der Waals surface area contributed by atoms with E-state index in [0.717, 1.165) is 17.7 Å². The average Bonchev–Trinajstić information content (AvgIpc) is 2.57. The Hall–Kier alpha value is -2.09. The number of hydrogen-bond acceptors (Lipinski definition) is 1. The van der Waals surface area contributed by atoms with E-state index in [0.29, 0.717) is 5.56 Å². The summed E-state index contributed by atoms with van der Waals surface area (Å²) in [6.07, 6.45) is 7.57. The van der Waals surface area contributed by atoms with Crippen molar-refractivity contribution in [3.05, 3.63) is 65.2 Å². The van der Waals surface area contributed by atoms with Crippen LogP contribution in [0.2, 0.25) is 0 Å². The fourth-order valence-corrected chi connectivity index (χ4v) is 2.66. The maximum atomic E-state index is 12.3. The smallest absolute Gasteiger partial charge is 0.255 e. The van der Waals surface area contributed by atoms with Crippen LogP contribution in [0.4, 0.5) is 5.69 Å². The minimum atomic E-state index is -0.0474. The van der Waals surface area contributed by atoms with Gasteiger partial charge in [0.15, 0.2) is 0 Å². The van der Waals surface area contributed by atoms with Crippen LogP contribution in [0.3, 0.4) is 0 Å². The minimum absolute atomic E-state index is 0.0474. The molecule has 0 aliphatic heterocycles. The summed E-state index contributed by atoms with van der Waals surface area (Å²) >= 11 is 0. The van der Waals surface area contributed by atoms with Crippen molar-refractivity contribution in [1.82, 2.24) is 0 Å². The topological polar surface area (TPSA) is 29.1 Å². The van der Waals surface area contributed by atoms with Gasteiger partial charge in [0.25, 0.3) is 5.91 Å². The predicted octanol–water partition coefficient (Wildman–Crippen LogP) is 5.76. The number of hydrogen-bond donors (Lipinski definition) is 1. The van der Waals surface area contributed by atoms with Crippen molar-refractivity contribution in [2.45, 2.75) is 52.4 Å². The summed E-state index contributed by atoms with van der Waals surface area (Å²) < 4.78 is 0. The second-order valence-electron chi connectivity index (χ2n) is 6.13. The molecular weight excluding hydrogens is 282 g/mol. The Labute approximate surface area is 139 Å². The van der Waals surface area contributed by atoms with E-state index < -0.39 is 0 Å². The van der Waals surface area contributed by atoms with E-state index in [1.807, 2.05) is 43.3 Å². The molecule has 0 saturated heterocycles. The van der Waals surface area contributed by atoms with Crippen LogP contribution in [0.1, 0.15) is 60.5 Å². The number of nitrogens with one attached hydrogen (secondary N) is 1. The predicted molar refractivity (Wildman–Crippen MR) is 98.0 cm³/mol. The normalized spacial score (nSPS) is 10.5. The fraction of sp³-hybridized carbons (Fsp3) is 0.381. The highest BCUT2D eigenvalue weighted by molar-refractivity contribution is 6.04. The van der Waals surface area contributed by atoms with Crippen molar-refractivity contribution in [3.8, 4) is 0 Å². The van der Waals surface area contributed by atoms with Gasteiger partial charge < -0.3 is 5.32 Å². The molecular formula is C21H27NO. The van der Waals surface area contributed by atoms with Gasteiger partial charge in [-0.1, -0.05) is 62.9 Å². The molecule has 2 nitrogen and oxygen atoms in total. The lowest BCUT2D eigenvalue weighted by atomic mass is 10.0. The van der Waals surface area contributed by atoms with Crippen molar-refractivity contribution in [2.24, 2.45) is 0 Å². The number of unbranched alkanes of at least 4 members (excludes halogenated alkanes) is 4. The average molecular weight is 309 g/mol. The first-order valence-electron chi connectivity index (χ1n) is 8.66. The van der Waals surface area contributed by atoms with Gasteiger partial charge in [-0.15, -0.1) is 0 Å². The summed E-state index contributed by atoms with van der Waals surface area (Å²) in [6.45, 7) is 4.23. The fourth-order valence-electron chi connectivity index (χ4n) is 2.66. The maximum absolute atomic E-state index is 12.3. The number of aryl methyl sites for hydroxylation is 2. The molecule has 23 heavy (non-hydrogen) atoms. The Morgan fingerprint density at radius 2 is 1.61 bits per heavy atom. The van der Waals surface area contributed by atoms with Crippen LogP contribution in [0.15, 0.2) is 48.5 Å². The number of carbonyl (C=O) groups is 1. The van der Waals surface area contributed by atoms with Gasteiger partial charge in [0.05, 0.1) is 0 Å². The van der Waals surface area contributed by atoms with E-state index in [2.05, 4.69) is 24.4 Å². The zero-order valence-corrected chi connectivity index (χ0v) is 14.3. The highest BCUT2D eigenvalue weighted by atomic mass is 16.1. The Morgan fingerprint density at radius 1 is 0.913 bits per heavy atom. The van der Waals surface area contributed by atoms with Crippen molar-refractivity contribution < 1.29 is 4.79 Å².